The van der Waals surface area contributed by atoms with Gasteiger partial charge in [-0.2, -0.15) is 0 Å². The van der Waals surface area contributed by atoms with Gasteiger partial charge in [-0.3, -0.25) is 9.78 Å². The Kier molecular flexibility index (Phi) is 5.91. The summed E-state index contributed by atoms with van der Waals surface area (Å²) in [6.45, 7) is 3.95. The standard InChI is InChI=1S/C19H20N4O2S/c1-13(23-14(2)24)7-15-3-5-16(6-4-15)17-8-21-19(22-9-17)25-11-18-10-20-12-26-18/h3-6,8-10,12-13H,7,11H2,1-2H3,(H,23,24). The van der Waals surface area contributed by atoms with E-state index < -0.39 is 0 Å². The molecule has 1 amide bonds. The summed E-state index contributed by atoms with van der Waals surface area (Å²) in [6, 6.07) is 8.64. The van der Waals surface area contributed by atoms with Crippen LogP contribution in [0.4, 0.5) is 0 Å². The van der Waals surface area contributed by atoms with Gasteiger partial charge >= 0.3 is 6.01 Å². The van der Waals surface area contributed by atoms with E-state index in [4.69, 9.17) is 4.74 Å². The molecule has 0 saturated carbocycles. The van der Waals surface area contributed by atoms with Gasteiger partial charge in [-0.15, -0.1) is 11.3 Å². The maximum atomic E-state index is 11.1. The van der Waals surface area contributed by atoms with Crippen LogP contribution < -0.4 is 10.1 Å². The molecule has 1 atom stereocenters. The van der Waals surface area contributed by atoms with Crippen LogP contribution in [0.5, 0.6) is 6.01 Å². The lowest BCUT2D eigenvalue weighted by molar-refractivity contribution is -0.119. The smallest absolute Gasteiger partial charge is 0.316 e. The van der Waals surface area contributed by atoms with Crippen LogP contribution in [0.2, 0.25) is 0 Å². The third-order valence-electron chi connectivity index (χ3n) is 3.73. The van der Waals surface area contributed by atoms with Gasteiger partial charge in [0, 0.05) is 37.1 Å². The largest absolute Gasteiger partial charge is 0.458 e. The van der Waals surface area contributed by atoms with Crippen molar-refractivity contribution in [2.24, 2.45) is 0 Å². The van der Waals surface area contributed by atoms with Crippen molar-refractivity contribution in [3.63, 3.8) is 0 Å². The number of nitrogens with one attached hydrogen (secondary N) is 1. The van der Waals surface area contributed by atoms with Gasteiger partial charge in [0.15, 0.2) is 0 Å². The Balaban J connectivity index is 1.59. The van der Waals surface area contributed by atoms with Crippen molar-refractivity contribution in [3.8, 4) is 17.1 Å². The predicted molar refractivity (Wildman–Crippen MR) is 101 cm³/mol. The Labute approximate surface area is 156 Å². The van der Waals surface area contributed by atoms with Gasteiger partial charge in [0.25, 0.3) is 0 Å². The fraction of sp³-hybridized carbons (Fsp3) is 0.263. The highest BCUT2D eigenvalue weighted by Gasteiger charge is 2.06. The molecule has 3 rings (SSSR count). The Morgan fingerprint density at radius 2 is 1.88 bits per heavy atom. The number of nitrogens with zero attached hydrogens (tertiary/aromatic N) is 3. The lowest BCUT2D eigenvalue weighted by Gasteiger charge is -2.12. The summed E-state index contributed by atoms with van der Waals surface area (Å²) >= 11 is 1.54. The molecule has 0 fully saturated rings. The number of amides is 1. The topological polar surface area (TPSA) is 77.0 Å². The van der Waals surface area contributed by atoms with E-state index >= 15 is 0 Å². The van der Waals surface area contributed by atoms with Crippen LogP contribution in [-0.4, -0.2) is 26.9 Å². The normalized spacial score (nSPS) is 11.8. The number of hydrogen-bond donors (Lipinski definition) is 1. The second kappa shape index (κ2) is 8.53. The summed E-state index contributed by atoms with van der Waals surface area (Å²) in [5, 5.41) is 2.89. The van der Waals surface area contributed by atoms with E-state index in [0.717, 1.165) is 22.4 Å². The predicted octanol–water partition coefficient (Wildman–Crippen LogP) is 3.25. The van der Waals surface area contributed by atoms with E-state index in [2.05, 4.69) is 32.4 Å². The number of carbonyl (C=O) groups is 1. The van der Waals surface area contributed by atoms with Crippen molar-refractivity contribution in [1.29, 1.82) is 0 Å². The van der Waals surface area contributed by atoms with Crippen LogP contribution in [0, 0.1) is 0 Å². The molecule has 3 aromatic rings. The molecule has 0 spiro atoms. The zero-order chi connectivity index (χ0) is 18.4. The van der Waals surface area contributed by atoms with Crippen LogP contribution in [0.3, 0.4) is 0 Å². The molecule has 1 aromatic carbocycles. The quantitative estimate of drug-likeness (QED) is 0.693. The van der Waals surface area contributed by atoms with Gasteiger partial charge in [-0.1, -0.05) is 24.3 Å². The van der Waals surface area contributed by atoms with Crippen LogP contribution in [0.15, 0.2) is 48.4 Å². The molecule has 0 aliphatic rings. The Bertz CT molecular complexity index is 833. The fourth-order valence-corrected chi connectivity index (χ4v) is 3.08. The van der Waals surface area contributed by atoms with Crippen molar-refractivity contribution in [2.75, 3.05) is 0 Å². The van der Waals surface area contributed by atoms with Crippen molar-refractivity contribution in [1.82, 2.24) is 20.3 Å². The summed E-state index contributed by atoms with van der Waals surface area (Å²) in [5.74, 6) is -0.0103. The van der Waals surface area contributed by atoms with Crippen molar-refractivity contribution >= 4 is 17.2 Å². The molecular weight excluding hydrogens is 348 g/mol. The first-order chi connectivity index (χ1) is 12.6. The summed E-state index contributed by atoms with van der Waals surface area (Å²) in [6.07, 6.45) is 6.07. The maximum absolute atomic E-state index is 11.1. The maximum Gasteiger partial charge on any atom is 0.316 e. The van der Waals surface area contributed by atoms with Gasteiger partial charge in [0.05, 0.1) is 10.4 Å². The molecule has 0 aliphatic heterocycles. The average Bonchev–Trinajstić information content (AvgIpc) is 3.14. The molecule has 2 heterocycles. The Morgan fingerprint density at radius 3 is 2.50 bits per heavy atom. The molecule has 1 unspecified atom stereocenters. The second-order valence-corrected chi connectivity index (χ2v) is 6.98. The molecule has 6 nitrogen and oxygen atoms in total. The summed E-state index contributed by atoms with van der Waals surface area (Å²) in [4.78, 5) is 24.6. The van der Waals surface area contributed by atoms with Crippen molar-refractivity contribution in [2.45, 2.75) is 32.9 Å². The van der Waals surface area contributed by atoms with Gasteiger partial charge in [-0.25, -0.2) is 9.97 Å². The van der Waals surface area contributed by atoms with E-state index in [1.807, 2.05) is 19.1 Å². The van der Waals surface area contributed by atoms with E-state index in [1.165, 1.54) is 23.8 Å². The van der Waals surface area contributed by atoms with Crippen molar-refractivity contribution < 1.29 is 9.53 Å². The number of carbonyl (C=O) groups excluding carboxylic acids is 1. The summed E-state index contributed by atoms with van der Waals surface area (Å²) in [5.41, 5.74) is 4.90. The first kappa shape index (κ1) is 18.0. The second-order valence-electron chi connectivity index (χ2n) is 6.01. The molecule has 7 heteroatoms. The third-order valence-corrected chi connectivity index (χ3v) is 4.49. The van der Waals surface area contributed by atoms with E-state index in [1.54, 1.807) is 24.1 Å². The molecular formula is C19H20N4O2S. The van der Waals surface area contributed by atoms with E-state index in [9.17, 15) is 4.79 Å². The van der Waals surface area contributed by atoms with Crippen LogP contribution in [0.25, 0.3) is 11.1 Å². The number of rotatable bonds is 7. The fourth-order valence-electron chi connectivity index (χ4n) is 2.57. The zero-order valence-corrected chi connectivity index (χ0v) is 15.5. The summed E-state index contributed by atoms with van der Waals surface area (Å²) < 4.78 is 5.55. The first-order valence-electron chi connectivity index (χ1n) is 8.29. The molecule has 0 bridgehead atoms. The zero-order valence-electron chi connectivity index (χ0n) is 14.7. The SMILES string of the molecule is CC(=O)NC(C)Cc1ccc(-c2cnc(OCc3cncs3)nc2)cc1. The molecule has 0 saturated heterocycles. The van der Waals surface area contributed by atoms with Gasteiger partial charge in [0.1, 0.15) is 6.61 Å². The van der Waals surface area contributed by atoms with Gasteiger partial charge in [0.2, 0.25) is 5.91 Å². The highest BCUT2D eigenvalue weighted by Crippen LogP contribution is 2.20. The number of thiazole rings is 1. The number of aromatic nitrogens is 3. The molecule has 2 aromatic heterocycles. The van der Waals surface area contributed by atoms with Crippen LogP contribution in [-0.2, 0) is 17.8 Å². The van der Waals surface area contributed by atoms with Crippen LogP contribution in [0.1, 0.15) is 24.3 Å². The van der Waals surface area contributed by atoms with Crippen molar-refractivity contribution in [3.05, 3.63) is 58.8 Å². The van der Waals surface area contributed by atoms with Crippen LogP contribution >= 0.6 is 11.3 Å². The minimum Gasteiger partial charge on any atom is -0.458 e. The molecule has 0 aliphatic carbocycles. The minimum atomic E-state index is -0.0103. The lowest BCUT2D eigenvalue weighted by Crippen LogP contribution is -2.31. The van der Waals surface area contributed by atoms with Gasteiger partial charge < -0.3 is 10.1 Å². The lowest BCUT2D eigenvalue weighted by atomic mass is 10.0. The molecule has 26 heavy (non-hydrogen) atoms. The first-order valence-corrected chi connectivity index (χ1v) is 9.17. The van der Waals surface area contributed by atoms with E-state index in [-0.39, 0.29) is 11.9 Å². The highest BCUT2D eigenvalue weighted by molar-refractivity contribution is 7.09. The Hall–Kier alpha value is -2.80. The molecule has 0 radical (unpaired) electrons. The monoisotopic (exact) mass is 368 g/mol. The number of ether oxygens (including phenoxy) is 1. The number of hydrogen-bond acceptors (Lipinski definition) is 6. The van der Waals surface area contributed by atoms with E-state index in [0.29, 0.717) is 12.6 Å². The highest BCUT2D eigenvalue weighted by atomic mass is 32.1. The average molecular weight is 368 g/mol. The molecule has 134 valence electrons. The third kappa shape index (κ3) is 5.10. The van der Waals surface area contributed by atoms with Gasteiger partial charge in [-0.05, 0) is 24.5 Å². The molecule has 1 N–H and O–H groups in total. The summed E-state index contributed by atoms with van der Waals surface area (Å²) in [7, 11) is 0. The Morgan fingerprint density at radius 1 is 1.15 bits per heavy atom. The number of benzene rings is 1. The minimum absolute atomic E-state index is 0.0103.